The Morgan fingerprint density at radius 3 is 2.65 bits per heavy atom. The number of carbonyl (C=O) groups is 1. The third-order valence-corrected chi connectivity index (χ3v) is 3.38. The molecule has 0 aliphatic rings. The van der Waals surface area contributed by atoms with E-state index in [4.69, 9.17) is 0 Å². The third-order valence-electron chi connectivity index (χ3n) is 2.69. The Morgan fingerprint density at radius 1 is 1.20 bits per heavy atom. The van der Waals surface area contributed by atoms with Gasteiger partial charge in [0, 0.05) is 27.9 Å². The lowest BCUT2D eigenvalue weighted by Crippen LogP contribution is -2.14. The van der Waals surface area contributed by atoms with E-state index in [0.29, 0.717) is 5.56 Å². The van der Waals surface area contributed by atoms with Crippen LogP contribution < -0.4 is 5.32 Å². The van der Waals surface area contributed by atoms with Crippen molar-refractivity contribution in [2.45, 2.75) is 0 Å². The molecule has 0 bridgehead atoms. The number of rotatable bonds is 5. The fourth-order valence-corrected chi connectivity index (χ4v) is 2.10. The summed E-state index contributed by atoms with van der Waals surface area (Å²) >= 11 is 3.37. The molecule has 102 valence electrons. The summed E-state index contributed by atoms with van der Waals surface area (Å²) in [6, 6.07) is 13.1. The van der Waals surface area contributed by atoms with Crippen LogP contribution in [0.3, 0.4) is 0 Å². The summed E-state index contributed by atoms with van der Waals surface area (Å²) in [7, 11) is 0. The predicted molar refractivity (Wildman–Crippen MR) is 80.1 cm³/mol. The van der Waals surface area contributed by atoms with Gasteiger partial charge >= 0.3 is 0 Å². The van der Waals surface area contributed by atoms with Crippen LogP contribution in [0.5, 0.6) is 0 Å². The summed E-state index contributed by atoms with van der Waals surface area (Å²) in [5.74, 6) is -0.204. The molecule has 0 heterocycles. The van der Waals surface area contributed by atoms with Gasteiger partial charge in [0.15, 0.2) is 5.78 Å². The van der Waals surface area contributed by atoms with E-state index < -0.39 is 4.92 Å². The first-order valence-electron chi connectivity index (χ1n) is 5.84. The number of nitro benzene ring substituents is 1. The van der Waals surface area contributed by atoms with Gasteiger partial charge in [0.1, 0.15) is 0 Å². The zero-order valence-electron chi connectivity index (χ0n) is 10.4. The first-order chi connectivity index (χ1) is 9.58. The first-order valence-corrected chi connectivity index (χ1v) is 6.63. The topological polar surface area (TPSA) is 72.2 Å². The van der Waals surface area contributed by atoms with Crippen LogP contribution in [-0.4, -0.2) is 17.3 Å². The molecule has 0 saturated heterocycles. The maximum absolute atomic E-state index is 12.0. The summed E-state index contributed by atoms with van der Waals surface area (Å²) in [5.41, 5.74) is 1.03. The molecule has 0 aliphatic heterocycles. The van der Waals surface area contributed by atoms with Crippen LogP contribution in [0, 0.1) is 10.1 Å². The quantitative estimate of drug-likeness (QED) is 0.514. The molecule has 2 aromatic rings. The highest BCUT2D eigenvalue weighted by Gasteiger charge is 2.11. The Balaban J connectivity index is 2.07. The van der Waals surface area contributed by atoms with Crippen LogP contribution in [0.2, 0.25) is 0 Å². The zero-order chi connectivity index (χ0) is 14.5. The van der Waals surface area contributed by atoms with Crippen molar-refractivity contribution >= 4 is 33.1 Å². The minimum atomic E-state index is -0.516. The van der Waals surface area contributed by atoms with Crippen molar-refractivity contribution in [2.24, 2.45) is 0 Å². The molecule has 2 rings (SSSR count). The Morgan fingerprint density at radius 2 is 1.95 bits per heavy atom. The van der Waals surface area contributed by atoms with Crippen LogP contribution >= 0.6 is 15.9 Å². The fourth-order valence-electron chi connectivity index (χ4n) is 1.68. The van der Waals surface area contributed by atoms with Crippen molar-refractivity contribution in [1.29, 1.82) is 0 Å². The number of benzene rings is 2. The molecule has 0 aromatic heterocycles. The summed E-state index contributed by atoms with van der Waals surface area (Å²) in [5, 5.41) is 13.7. The fraction of sp³-hybridized carbons (Fsp3) is 0.0714. The monoisotopic (exact) mass is 334 g/mol. The molecule has 0 fully saturated rings. The van der Waals surface area contributed by atoms with Crippen molar-refractivity contribution in [3.8, 4) is 0 Å². The lowest BCUT2D eigenvalue weighted by Gasteiger charge is -2.07. The number of nitrogens with one attached hydrogen (secondary N) is 1. The second kappa shape index (κ2) is 6.29. The number of ketones is 1. The van der Waals surface area contributed by atoms with Gasteiger partial charge in [-0.05, 0) is 28.1 Å². The van der Waals surface area contributed by atoms with E-state index in [1.165, 1.54) is 18.2 Å². The maximum Gasteiger partial charge on any atom is 0.270 e. The van der Waals surface area contributed by atoms with Crippen molar-refractivity contribution in [2.75, 3.05) is 11.9 Å². The molecule has 6 heteroatoms. The average Bonchev–Trinajstić information content (AvgIpc) is 2.46. The number of hydrogen-bond donors (Lipinski definition) is 1. The number of nitrogens with zero attached hydrogens (tertiary/aromatic N) is 1. The molecule has 0 amide bonds. The van der Waals surface area contributed by atoms with Gasteiger partial charge in [-0.2, -0.15) is 0 Å². The van der Waals surface area contributed by atoms with Crippen LogP contribution in [-0.2, 0) is 0 Å². The number of halogens is 1. The molecular weight excluding hydrogens is 324 g/mol. The number of nitro groups is 1. The predicted octanol–water partition coefficient (Wildman–Crippen LogP) is 3.65. The van der Waals surface area contributed by atoms with Crippen LogP contribution in [0.4, 0.5) is 11.4 Å². The van der Waals surface area contributed by atoms with Gasteiger partial charge in [-0.1, -0.05) is 24.3 Å². The van der Waals surface area contributed by atoms with E-state index in [2.05, 4.69) is 21.2 Å². The summed E-state index contributed by atoms with van der Waals surface area (Å²) in [6.07, 6.45) is 0. The standard InChI is InChI=1S/C14H11BrN2O3/c15-12-6-1-2-7-13(12)16-9-14(18)10-4-3-5-11(8-10)17(19)20/h1-8,16H,9H2. The van der Waals surface area contributed by atoms with Gasteiger partial charge in [-0.25, -0.2) is 0 Å². The van der Waals surface area contributed by atoms with Gasteiger partial charge in [-0.3, -0.25) is 14.9 Å². The largest absolute Gasteiger partial charge is 0.377 e. The van der Waals surface area contributed by atoms with Gasteiger partial charge in [0.05, 0.1) is 11.5 Å². The van der Waals surface area contributed by atoms with E-state index >= 15 is 0 Å². The van der Waals surface area contributed by atoms with Crippen molar-refractivity contribution in [3.63, 3.8) is 0 Å². The van der Waals surface area contributed by atoms with Crippen molar-refractivity contribution < 1.29 is 9.72 Å². The Kier molecular flexibility index (Phi) is 4.47. The maximum atomic E-state index is 12.0. The Hall–Kier alpha value is -2.21. The Bertz CT molecular complexity index is 658. The molecule has 0 spiro atoms. The summed E-state index contributed by atoms with van der Waals surface area (Å²) in [4.78, 5) is 22.2. The molecule has 0 aliphatic carbocycles. The SMILES string of the molecule is O=C(CNc1ccccc1Br)c1cccc([N+](=O)[O-])c1. The van der Waals surface area contributed by atoms with E-state index in [1.807, 2.05) is 24.3 Å². The normalized spacial score (nSPS) is 10.1. The number of non-ortho nitro benzene ring substituents is 1. The molecule has 0 unspecified atom stereocenters. The molecule has 5 nitrogen and oxygen atoms in total. The highest BCUT2D eigenvalue weighted by Crippen LogP contribution is 2.21. The number of hydrogen-bond acceptors (Lipinski definition) is 4. The number of anilines is 1. The van der Waals surface area contributed by atoms with E-state index in [0.717, 1.165) is 10.2 Å². The minimum Gasteiger partial charge on any atom is -0.377 e. The molecular formula is C14H11BrN2O3. The first kappa shape index (κ1) is 14.2. The molecule has 0 saturated carbocycles. The van der Waals surface area contributed by atoms with Crippen LogP contribution in [0.1, 0.15) is 10.4 Å². The third kappa shape index (κ3) is 3.42. The number of Topliss-reactive ketones (excluding diaryl/α,β-unsaturated/α-hetero) is 1. The van der Waals surface area contributed by atoms with E-state index in [1.54, 1.807) is 6.07 Å². The van der Waals surface area contributed by atoms with Crippen LogP contribution in [0.25, 0.3) is 0 Å². The molecule has 20 heavy (non-hydrogen) atoms. The number of para-hydroxylation sites is 1. The Labute approximate surface area is 123 Å². The molecule has 1 N–H and O–H groups in total. The summed E-state index contributed by atoms with van der Waals surface area (Å²) < 4.78 is 0.854. The van der Waals surface area contributed by atoms with Crippen molar-refractivity contribution in [3.05, 3.63) is 68.7 Å². The highest BCUT2D eigenvalue weighted by molar-refractivity contribution is 9.10. The lowest BCUT2D eigenvalue weighted by atomic mass is 10.1. The molecule has 0 atom stereocenters. The molecule has 0 radical (unpaired) electrons. The summed E-state index contributed by atoms with van der Waals surface area (Å²) in [6.45, 7) is 0.0732. The smallest absolute Gasteiger partial charge is 0.270 e. The van der Waals surface area contributed by atoms with Crippen LogP contribution in [0.15, 0.2) is 53.0 Å². The van der Waals surface area contributed by atoms with Gasteiger partial charge in [-0.15, -0.1) is 0 Å². The van der Waals surface area contributed by atoms with E-state index in [-0.39, 0.29) is 18.0 Å². The van der Waals surface area contributed by atoms with E-state index in [9.17, 15) is 14.9 Å². The average molecular weight is 335 g/mol. The second-order valence-electron chi connectivity index (χ2n) is 4.06. The molecule has 2 aromatic carbocycles. The zero-order valence-corrected chi connectivity index (χ0v) is 12.0. The number of carbonyl (C=O) groups excluding carboxylic acids is 1. The second-order valence-corrected chi connectivity index (χ2v) is 4.92. The van der Waals surface area contributed by atoms with Gasteiger partial charge in [0.25, 0.3) is 5.69 Å². The lowest BCUT2D eigenvalue weighted by molar-refractivity contribution is -0.384. The van der Waals surface area contributed by atoms with Crippen molar-refractivity contribution in [1.82, 2.24) is 0 Å². The minimum absolute atomic E-state index is 0.0732. The van der Waals surface area contributed by atoms with Gasteiger partial charge < -0.3 is 5.32 Å². The highest BCUT2D eigenvalue weighted by atomic mass is 79.9. The van der Waals surface area contributed by atoms with Gasteiger partial charge in [0.2, 0.25) is 0 Å².